The van der Waals surface area contributed by atoms with E-state index in [9.17, 15) is 31.1 Å². The van der Waals surface area contributed by atoms with Gasteiger partial charge in [-0.15, -0.1) is 0 Å². The molecule has 0 saturated carbocycles. The number of alkyl halides is 6. The number of carbonyl (C=O) groups is 1. The molecule has 6 nitrogen and oxygen atoms in total. The van der Waals surface area contributed by atoms with Crippen molar-refractivity contribution in [2.24, 2.45) is 0 Å². The van der Waals surface area contributed by atoms with Gasteiger partial charge in [0, 0.05) is 19.3 Å². The van der Waals surface area contributed by atoms with E-state index >= 15 is 0 Å². The summed E-state index contributed by atoms with van der Waals surface area (Å²) in [5, 5.41) is 2.31. The molecule has 2 aromatic rings. The van der Waals surface area contributed by atoms with Crippen molar-refractivity contribution in [3.8, 4) is 11.5 Å². The second-order valence-corrected chi connectivity index (χ2v) is 6.07. The van der Waals surface area contributed by atoms with Crippen LogP contribution in [0.5, 0.6) is 11.5 Å². The van der Waals surface area contributed by atoms with Crippen LogP contribution >= 0.6 is 0 Å². The molecular weight excluding hydrogens is 420 g/mol. The minimum atomic E-state index is -4.65. The van der Waals surface area contributed by atoms with Gasteiger partial charge in [-0.25, -0.2) is 4.79 Å². The summed E-state index contributed by atoms with van der Waals surface area (Å²) in [4.78, 5) is 17.6. The molecule has 1 heterocycles. The second-order valence-electron chi connectivity index (χ2n) is 6.07. The van der Waals surface area contributed by atoms with E-state index in [2.05, 4.69) is 19.8 Å². The van der Waals surface area contributed by atoms with Crippen LogP contribution in [0.3, 0.4) is 0 Å². The Morgan fingerprint density at radius 1 is 1.03 bits per heavy atom. The van der Waals surface area contributed by atoms with Crippen molar-refractivity contribution in [1.29, 1.82) is 0 Å². The molecule has 0 unspecified atom stereocenters. The van der Waals surface area contributed by atoms with Gasteiger partial charge >= 0.3 is 18.4 Å². The third-order valence-corrected chi connectivity index (χ3v) is 3.46. The Bertz CT molecular complexity index is 843. The number of halogens is 6. The maximum Gasteiger partial charge on any atom is 0.422 e. The molecule has 30 heavy (non-hydrogen) atoms. The number of nitrogens with one attached hydrogen (secondary N) is 1. The summed E-state index contributed by atoms with van der Waals surface area (Å²) in [5.41, 5.74) is 0.266. The summed E-state index contributed by atoms with van der Waals surface area (Å²) in [7, 11) is 1.41. The number of carbonyl (C=O) groups excluding carboxylic acids is 1. The fourth-order valence-electron chi connectivity index (χ4n) is 2.16. The molecule has 1 aromatic carbocycles. The number of urea groups is 1. The molecular formula is C18H17F6N3O3. The fraction of sp³-hybridized carbons (Fsp3) is 0.333. The molecule has 164 valence electrons. The smallest absolute Gasteiger partial charge is 0.422 e. The van der Waals surface area contributed by atoms with E-state index in [-0.39, 0.29) is 23.7 Å². The fourth-order valence-corrected chi connectivity index (χ4v) is 2.16. The van der Waals surface area contributed by atoms with Crippen molar-refractivity contribution in [2.75, 3.05) is 25.6 Å². The number of benzene rings is 1. The zero-order valence-electron chi connectivity index (χ0n) is 15.5. The average Bonchev–Trinajstić information content (AvgIpc) is 2.65. The number of rotatable bonds is 7. The summed E-state index contributed by atoms with van der Waals surface area (Å²) in [6.07, 6.45) is -7.74. The molecule has 0 fully saturated rings. The molecule has 12 heteroatoms. The zero-order chi connectivity index (χ0) is 22.4. The topological polar surface area (TPSA) is 63.7 Å². The summed E-state index contributed by atoms with van der Waals surface area (Å²) >= 11 is 0. The molecule has 2 rings (SSSR count). The first-order valence-electron chi connectivity index (χ1n) is 8.38. The number of aromatic nitrogens is 1. The first-order chi connectivity index (χ1) is 13.9. The van der Waals surface area contributed by atoms with Gasteiger partial charge in [0.15, 0.2) is 13.2 Å². The van der Waals surface area contributed by atoms with Gasteiger partial charge in [-0.3, -0.25) is 4.98 Å². The lowest BCUT2D eigenvalue weighted by atomic mass is 10.2. The number of anilines is 1. The summed E-state index contributed by atoms with van der Waals surface area (Å²) in [5.74, 6) is -0.694. The van der Waals surface area contributed by atoms with Crippen LogP contribution in [0.4, 0.5) is 36.8 Å². The van der Waals surface area contributed by atoms with Gasteiger partial charge in [-0.2, -0.15) is 26.3 Å². The van der Waals surface area contributed by atoms with Gasteiger partial charge in [0.1, 0.15) is 11.5 Å². The number of pyridine rings is 1. The molecule has 0 aliphatic carbocycles. The van der Waals surface area contributed by atoms with Crippen LogP contribution in [-0.2, 0) is 6.54 Å². The van der Waals surface area contributed by atoms with Crippen LogP contribution in [0.25, 0.3) is 0 Å². The third kappa shape index (κ3) is 8.05. The molecule has 0 aliphatic heterocycles. The highest BCUT2D eigenvalue weighted by molar-refractivity contribution is 5.91. The lowest BCUT2D eigenvalue weighted by Gasteiger charge is -2.20. The Hall–Kier alpha value is -3.18. The van der Waals surface area contributed by atoms with Gasteiger partial charge in [0.05, 0.1) is 17.9 Å². The Kier molecular flexibility index (Phi) is 7.35. The van der Waals surface area contributed by atoms with Gasteiger partial charge < -0.3 is 19.7 Å². The van der Waals surface area contributed by atoms with E-state index in [1.54, 1.807) is 18.2 Å². The standard InChI is InChI=1S/C18H17F6N3O3/c1-27(9-12-4-2-3-7-25-12)16(28)26-14-8-13(29-10-17(19,20)21)5-6-15(14)30-11-18(22,23)24/h2-8H,9-11H2,1H3,(H,26,28). The Morgan fingerprint density at radius 3 is 2.30 bits per heavy atom. The number of amides is 2. The predicted molar refractivity (Wildman–Crippen MR) is 94.3 cm³/mol. The van der Waals surface area contributed by atoms with Crippen molar-refractivity contribution in [2.45, 2.75) is 18.9 Å². The van der Waals surface area contributed by atoms with Crippen molar-refractivity contribution < 1.29 is 40.6 Å². The van der Waals surface area contributed by atoms with E-state index in [0.717, 1.165) is 18.2 Å². The number of hydrogen-bond acceptors (Lipinski definition) is 4. The molecule has 0 radical (unpaired) electrons. The summed E-state index contributed by atoms with van der Waals surface area (Å²) in [6, 6.07) is 7.23. The largest absolute Gasteiger partial charge is 0.484 e. The molecule has 0 bridgehead atoms. The lowest BCUT2D eigenvalue weighted by Crippen LogP contribution is -2.31. The van der Waals surface area contributed by atoms with Crippen molar-refractivity contribution >= 4 is 11.7 Å². The highest BCUT2D eigenvalue weighted by Gasteiger charge is 2.30. The van der Waals surface area contributed by atoms with Crippen molar-refractivity contribution in [3.63, 3.8) is 0 Å². The quantitative estimate of drug-likeness (QED) is 0.642. The molecule has 2 amide bonds. The van der Waals surface area contributed by atoms with Crippen LogP contribution in [0.2, 0.25) is 0 Å². The summed E-state index contributed by atoms with van der Waals surface area (Å²) in [6.45, 7) is -3.18. The van der Waals surface area contributed by atoms with Crippen molar-refractivity contribution in [1.82, 2.24) is 9.88 Å². The van der Waals surface area contributed by atoms with Crippen LogP contribution in [-0.4, -0.2) is 48.5 Å². The summed E-state index contributed by atoms with van der Waals surface area (Å²) < 4.78 is 83.6. The Labute approximate surface area is 167 Å². The van der Waals surface area contributed by atoms with E-state index in [1.807, 2.05) is 0 Å². The van der Waals surface area contributed by atoms with E-state index < -0.39 is 31.6 Å². The molecule has 0 aliphatic rings. The number of hydrogen-bond donors (Lipinski definition) is 1. The third-order valence-electron chi connectivity index (χ3n) is 3.46. The van der Waals surface area contributed by atoms with Crippen molar-refractivity contribution in [3.05, 3.63) is 48.3 Å². The maximum absolute atomic E-state index is 12.5. The van der Waals surface area contributed by atoms with E-state index in [4.69, 9.17) is 0 Å². The molecule has 0 saturated heterocycles. The average molecular weight is 437 g/mol. The van der Waals surface area contributed by atoms with Crippen LogP contribution in [0.1, 0.15) is 5.69 Å². The SMILES string of the molecule is CN(Cc1ccccn1)C(=O)Nc1cc(OCC(F)(F)F)ccc1OCC(F)(F)F. The highest BCUT2D eigenvalue weighted by atomic mass is 19.4. The molecule has 1 N–H and O–H groups in total. The maximum atomic E-state index is 12.5. The van der Waals surface area contributed by atoms with Gasteiger partial charge in [-0.1, -0.05) is 6.07 Å². The van der Waals surface area contributed by atoms with E-state index in [1.165, 1.54) is 18.1 Å². The Morgan fingerprint density at radius 2 is 1.70 bits per heavy atom. The molecule has 0 atom stereocenters. The zero-order valence-corrected chi connectivity index (χ0v) is 15.5. The van der Waals surface area contributed by atoms with E-state index in [0.29, 0.717) is 5.69 Å². The number of nitrogens with zero attached hydrogens (tertiary/aromatic N) is 2. The lowest BCUT2D eigenvalue weighted by molar-refractivity contribution is -0.154. The Balaban J connectivity index is 2.16. The monoisotopic (exact) mass is 437 g/mol. The first kappa shape index (κ1) is 23.1. The minimum absolute atomic E-state index is 0.0790. The second kappa shape index (κ2) is 9.55. The first-order valence-corrected chi connectivity index (χ1v) is 8.38. The van der Waals surface area contributed by atoms with Crippen LogP contribution < -0.4 is 14.8 Å². The van der Waals surface area contributed by atoms with Gasteiger partial charge in [0.25, 0.3) is 0 Å². The normalized spacial score (nSPS) is 11.7. The number of ether oxygens (including phenoxy) is 2. The van der Waals surface area contributed by atoms with Crippen LogP contribution in [0, 0.1) is 0 Å². The van der Waals surface area contributed by atoms with Gasteiger partial charge in [0.2, 0.25) is 0 Å². The molecule has 0 spiro atoms. The predicted octanol–water partition coefficient (Wildman–Crippen LogP) is 4.63. The van der Waals surface area contributed by atoms with Crippen LogP contribution in [0.15, 0.2) is 42.6 Å². The highest BCUT2D eigenvalue weighted by Crippen LogP contribution is 2.32. The minimum Gasteiger partial charge on any atom is -0.484 e. The molecule has 1 aromatic heterocycles. The van der Waals surface area contributed by atoms with Gasteiger partial charge in [-0.05, 0) is 24.3 Å².